The zero-order valence-corrected chi connectivity index (χ0v) is 19.9. The van der Waals surface area contributed by atoms with Crippen molar-refractivity contribution in [1.82, 2.24) is 0 Å². The van der Waals surface area contributed by atoms with Gasteiger partial charge in [0.15, 0.2) is 0 Å². The lowest BCUT2D eigenvalue weighted by Crippen LogP contribution is -2.58. The van der Waals surface area contributed by atoms with E-state index in [1.807, 2.05) is 0 Å². The van der Waals surface area contributed by atoms with E-state index < -0.39 is 0 Å². The molecule has 0 aromatic heterocycles. The minimum atomic E-state index is -0.193. The van der Waals surface area contributed by atoms with Gasteiger partial charge in [0, 0.05) is 0 Å². The normalized spacial score (nSPS) is 50.7. The summed E-state index contributed by atoms with van der Waals surface area (Å²) in [6, 6.07) is 0. The molecule has 0 aromatic rings. The van der Waals surface area contributed by atoms with E-state index in [4.69, 9.17) is 0 Å². The summed E-state index contributed by atoms with van der Waals surface area (Å²) >= 11 is 0. The molecule has 0 aliphatic heterocycles. The first kappa shape index (κ1) is 22.1. The summed E-state index contributed by atoms with van der Waals surface area (Å²) < 4.78 is 0. The zero-order chi connectivity index (χ0) is 21.0. The molecule has 0 amide bonds. The maximum absolute atomic E-state index is 11.2. The van der Waals surface area contributed by atoms with Crippen LogP contribution in [-0.2, 0) is 0 Å². The van der Waals surface area contributed by atoms with Gasteiger partial charge in [-0.25, -0.2) is 0 Å². The maximum atomic E-state index is 11.2. The third-order valence-electron chi connectivity index (χ3n) is 10.9. The summed E-state index contributed by atoms with van der Waals surface area (Å²) in [5, 5.41) is 21.4. The van der Waals surface area contributed by atoms with Gasteiger partial charge in [-0.2, -0.15) is 0 Å². The van der Waals surface area contributed by atoms with Gasteiger partial charge in [0.25, 0.3) is 0 Å². The third-order valence-corrected chi connectivity index (χ3v) is 10.9. The fourth-order valence-corrected chi connectivity index (χ4v) is 9.30. The van der Waals surface area contributed by atoms with Crippen LogP contribution in [0.5, 0.6) is 0 Å². The van der Waals surface area contributed by atoms with E-state index in [-0.39, 0.29) is 17.6 Å². The zero-order valence-electron chi connectivity index (χ0n) is 19.9. The van der Waals surface area contributed by atoms with Crippen LogP contribution in [0.4, 0.5) is 0 Å². The molecule has 2 heteroatoms. The minimum Gasteiger partial charge on any atom is -0.393 e. The number of aliphatic hydroxyl groups is 2. The monoisotopic (exact) mass is 404 g/mol. The molecule has 4 rings (SSSR count). The Kier molecular flexibility index (Phi) is 6.19. The Hall–Kier alpha value is -0.0800. The van der Waals surface area contributed by atoms with Crippen molar-refractivity contribution in [3.63, 3.8) is 0 Å². The highest BCUT2D eigenvalue weighted by Crippen LogP contribution is 2.68. The van der Waals surface area contributed by atoms with E-state index >= 15 is 0 Å². The summed E-state index contributed by atoms with van der Waals surface area (Å²) in [5.41, 5.74) is 0.749. The summed E-state index contributed by atoms with van der Waals surface area (Å²) in [5.74, 6) is 5.20. The Morgan fingerprint density at radius 2 is 1.48 bits per heavy atom. The van der Waals surface area contributed by atoms with Crippen LogP contribution in [0, 0.1) is 52.3 Å². The summed E-state index contributed by atoms with van der Waals surface area (Å²) in [6.07, 6.45) is 13.3. The molecule has 29 heavy (non-hydrogen) atoms. The van der Waals surface area contributed by atoms with Crippen LogP contribution in [-0.4, -0.2) is 22.4 Å². The van der Waals surface area contributed by atoms with Crippen molar-refractivity contribution in [3.05, 3.63) is 0 Å². The maximum Gasteiger partial charge on any atom is 0.0577 e. The van der Waals surface area contributed by atoms with Crippen LogP contribution in [0.2, 0.25) is 0 Å². The van der Waals surface area contributed by atoms with Gasteiger partial charge >= 0.3 is 0 Å². The van der Waals surface area contributed by atoms with Gasteiger partial charge in [0.2, 0.25) is 0 Å². The summed E-state index contributed by atoms with van der Waals surface area (Å²) in [6.45, 7) is 12.4. The molecule has 0 saturated heterocycles. The quantitative estimate of drug-likeness (QED) is 0.553. The highest BCUT2D eigenvalue weighted by atomic mass is 16.3. The summed E-state index contributed by atoms with van der Waals surface area (Å²) in [7, 11) is 0. The molecule has 4 fully saturated rings. The van der Waals surface area contributed by atoms with Crippen LogP contribution in [0.3, 0.4) is 0 Å². The first-order valence-corrected chi connectivity index (χ1v) is 13.0. The molecule has 10 atom stereocenters. The van der Waals surface area contributed by atoms with E-state index in [0.29, 0.717) is 17.3 Å². The van der Waals surface area contributed by atoms with Crippen LogP contribution in [0.25, 0.3) is 0 Å². The molecule has 2 N–H and O–H groups in total. The number of fused-ring (bicyclic) bond motifs is 5. The van der Waals surface area contributed by atoms with Crippen molar-refractivity contribution in [2.75, 3.05) is 0 Å². The van der Waals surface area contributed by atoms with E-state index in [0.717, 1.165) is 55.3 Å². The van der Waals surface area contributed by atoms with Crippen molar-refractivity contribution in [1.29, 1.82) is 0 Å². The van der Waals surface area contributed by atoms with Crippen molar-refractivity contribution in [3.8, 4) is 0 Å². The predicted molar refractivity (Wildman–Crippen MR) is 120 cm³/mol. The largest absolute Gasteiger partial charge is 0.393 e. The molecule has 0 bridgehead atoms. The van der Waals surface area contributed by atoms with Crippen LogP contribution < -0.4 is 0 Å². The molecule has 0 radical (unpaired) electrons. The van der Waals surface area contributed by atoms with E-state index in [1.54, 1.807) is 0 Å². The average molecular weight is 405 g/mol. The van der Waals surface area contributed by atoms with Crippen molar-refractivity contribution in [2.45, 2.75) is 117 Å². The van der Waals surface area contributed by atoms with E-state index in [1.165, 1.54) is 44.9 Å². The molecule has 4 aliphatic carbocycles. The van der Waals surface area contributed by atoms with Gasteiger partial charge in [0.1, 0.15) is 0 Å². The van der Waals surface area contributed by atoms with Gasteiger partial charge in [-0.1, -0.05) is 53.9 Å². The van der Waals surface area contributed by atoms with Gasteiger partial charge in [-0.3, -0.25) is 0 Å². The van der Waals surface area contributed by atoms with E-state index in [2.05, 4.69) is 34.6 Å². The summed E-state index contributed by atoms with van der Waals surface area (Å²) in [4.78, 5) is 0. The molecule has 168 valence electrons. The standard InChI is InChI=1S/C27H48O2/c1-17(2)7-6-8-18(3)21-9-10-22-20-16-25(29)24-15-19(28)11-13-27(24,5)23(20)12-14-26(21,22)4/h17-25,28-29H,6-16H2,1-5H3/t18-,19+,20?,21-,22?,23?,24-,25-,26-,27-/m1/s1. The second-order valence-electron chi connectivity index (χ2n) is 12.8. The number of hydrogen-bond donors (Lipinski definition) is 2. The molecule has 2 nitrogen and oxygen atoms in total. The number of hydrogen-bond acceptors (Lipinski definition) is 2. The molecular formula is C27H48O2. The van der Waals surface area contributed by atoms with Gasteiger partial charge in [0.05, 0.1) is 12.2 Å². The Balaban J connectivity index is 1.50. The Morgan fingerprint density at radius 3 is 2.21 bits per heavy atom. The molecule has 4 saturated carbocycles. The highest BCUT2D eigenvalue weighted by Gasteiger charge is 2.62. The molecule has 4 aliphatic rings. The second-order valence-corrected chi connectivity index (χ2v) is 12.8. The molecule has 0 heterocycles. The van der Waals surface area contributed by atoms with Crippen molar-refractivity contribution in [2.24, 2.45) is 52.3 Å². The lowest BCUT2D eigenvalue weighted by atomic mass is 9.44. The first-order chi connectivity index (χ1) is 13.7. The van der Waals surface area contributed by atoms with Crippen LogP contribution in [0.15, 0.2) is 0 Å². The fraction of sp³-hybridized carbons (Fsp3) is 1.00. The molecule has 3 unspecified atom stereocenters. The van der Waals surface area contributed by atoms with E-state index in [9.17, 15) is 10.2 Å². The first-order valence-electron chi connectivity index (χ1n) is 13.0. The molecular weight excluding hydrogens is 356 g/mol. The molecule has 0 aromatic carbocycles. The third kappa shape index (κ3) is 3.73. The Morgan fingerprint density at radius 1 is 0.793 bits per heavy atom. The number of rotatable bonds is 5. The lowest BCUT2D eigenvalue weighted by molar-refractivity contribution is -0.172. The predicted octanol–water partition coefficient (Wildman–Crippen LogP) is 6.44. The molecule has 0 spiro atoms. The SMILES string of the molecule is CC(C)CCC[C@@H](C)[C@H]1CCC2C3C[C@@H](O)[C@H]4C[C@@H](O)CC[C@]4(C)C3CC[C@@]21C. The second kappa shape index (κ2) is 8.12. The van der Waals surface area contributed by atoms with Gasteiger partial charge in [-0.05, 0) is 104 Å². The lowest BCUT2D eigenvalue weighted by Gasteiger charge is -2.62. The Labute approximate surface area is 180 Å². The average Bonchev–Trinajstić information content (AvgIpc) is 3.00. The van der Waals surface area contributed by atoms with Gasteiger partial charge < -0.3 is 10.2 Å². The van der Waals surface area contributed by atoms with Crippen molar-refractivity contribution >= 4 is 0 Å². The number of aliphatic hydroxyl groups excluding tert-OH is 2. The minimum absolute atomic E-state index is 0.185. The smallest absolute Gasteiger partial charge is 0.0577 e. The topological polar surface area (TPSA) is 40.5 Å². The highest BCUT2D eigenvalue weighted by molar-refractivity contribution is 5.11. The van der Waals surface area contributed by atoms with Crippen LogP contribution in [0.1, 0.15) is 105 Å². The van der Waals surface area contributed by atoms with Crippen molar-refractivity contribution < 1.29 is 10.2 Å². The van der Waals surface area contributed by atoms with Gasteiger partial charge in [-0.15, -0.1) is 0 Å². The van der Waals surface area contributed by atoms with Crippen LogP contribution >= 0.6 is 0 Å². The Bertz CT molecular complexity index is 573. The fourth-order valence-electron chi connectivity index (χ4n) is 9.30.